The average molecular weight is 332 g/mol. The number of anilines is 3. The van der Waals surface area contributed by atoms with Gasteiger partial charge in [-0.1, -0.05) is 42.5 Å². The minimum absolute atomic E-state index is 0.748. The van der Waals surface area contributed by atoms with E-state index in [0.29, 0.717) is 0 Å². The van der Waals surface area contributed by atoms with Crippen LogP contribution >= 0.6 is 0 Å². The third-order valence-electron chi connectivity index (χ3n) is 4.27. The molecule has 0 saturated carbocycles. The van der Waals surface area contributed by atoms with E-state index in [1.807, 2.05) is 19.1 Å². The molecule has 25 heavy (non-hydrogen) atoms. The molecule has 0 aliphatic carbocycles. The summed E-state index contributed by atoms with van der Waals surface area (Å²) in [6, 6.07) is 18.6. The lowest BCUT2D eigenvalue weighted by Gasteiger charge is -2.13. The lowest BCUT2D eigenvalue weighted by Crippen LogP contribution is -2.08. The fraction of sp³-hybridized carbons (Fsp3) is 0.238. The Morgan fingerprint density at radius 2 is 1.60 bits per heavy atom. The molecule has 0 unspecified atom stereocenters. The minimum Gasteiger partial charge on any atom is -0.370 e. The zero-order valence-corrected chi connectivity index (χ0v) is 15.0. The second kappa shape index (κ2) is 7.79. The molecule has 1 aromatic heterocycles. The van der Waals surface area contributed by atoms with Crippen LogP contribution in [0.1, 0.15) is 22.5 Å². The van der Waals surface area contributed by atoms with Gasteiger partial charge >= 0.3 is 0 Å². The van der Waals surface area contributed by atoms with Crippen molar-refractivity contribution in [1.82, 2.24) is 9.97 Å². The zero-order chi connectivity index (χ0) is 17.6. The van der Waals surface area contributed by atoms with Crippen molar-refractivity contribution in [3.63, 3.8) is 0 Å². The molecule has 3 rings (SSSR count). The van der Waals surface area contributed by atoms with Crippen LogP contribution in [0.4, 0.5) is 17.3 Å². The van der Waals surface area contributed by atoms with Gasteiger partial charge in [0.1, 0.15) is 17.5 Å². The Morgan fingerprint density at radius 1 is 0.840 bits per heavy atom. The maximum Gasteiger partial charge on any atom is 0.136 e. The molecule has 0 aliphatic rings. The molecule has 2 aromatic carbocycles. The Balaban J connectivity index is 1.69. The highest BCUT2D eigenvalue weighted by Gasteiger charge is 2.05. The summed E-state index contributed by atoms with van der Waals surface area (Å²) in [5.74, 6) is 2.40. The van der Waals surface area contributed by atoms with Crippen molar-refractivity contribution in [3.05, 3.63) is 77.1 Å². The van der Waals surface area contributed by atoms with Crippen LogP contribution in [0.2, 0.25) is 0 Å². The molecule has 0 saturated heterocycles. The molecule has 3 aromatic rings. The molecule has 0 amide bonds. The number of nitrogens with one attached hydrogen (secondary N) is 2. The van der Waals surface area contributed by atoms with E-state index in [2.05, 4.69) is 76.9 Å². The first-order valence-electron chi connectivity index (χ1n) is 8.58. The van der Waals surface area contributed by atoms with Crippen LogP contribution in [-0.4, -0.2) is 16.5 Å². The number of aromatic nitrogens is 2. The molecule has 4 heteroatoms. The van der Waals surface area contributed by atoms with E-state index in [4.69, 9.17) is 0 Å². The van der Waals surface area contributed by atoms with Gasteiger partial charge in [-0.25, -0.2) is 9.97 Å². The van der Waals surface area contributed by atoms with Gasteiger partial charge in [-0.3, -0.25) is 0 Å². The van der Waals surface area contributed by atoms with Crippen LogP contribution < -0.4 is 10.6 Å². The summed E-state index contributed by atoms with van der Waals surface area (Å²) in [5.41, 5.74) is 4.89. The molecule has 1 heterocycles. The summed E-state index contributed by atoms with van der Waals surface area (Å²) < 4.78 is 0. The van der Waals surface area contributed by atoms with Crippen LogP contribution in [0.5, 0.6) is 0 Å². The Morgan fingerprint density at radius 3 is 2.40 bits per heavy atom. The predicted molar refractivity (Wildman–Crippen MR) is 105 cm³/mol. The summed E-state index contributed by atoms with van der Waals surface area (Å²) in [4.78, 5) is 8.99. The Hall–Kier alpha value is -2.88. The van der Waals surface area contributed by atoms with E-state index in [1.165, 1.54) is 16.7 Å². The molecule has 0 atom stereocenters. The van der Waals surface area contributed by atoms with E-state index >= 15 is 0 Å². The van der Waals surface area contributed by atoms with Gasteiger partial charge in [0.2, 0.25) is 0 Å². The Kier molecular flexibility index (Phi) is 5.29. The largest absolute Gasteiger partial charge is 0.370 e. The fourth-order valence-corrected chi connectivity index (χ4v) is 2.73. The lowest BCUT2D eigenvalue weighted by atomic mass is 10.1. The van der Waals surface area contributed by atoms with Crippen molar-refractivity contribution in [2.24, 2.45) is 0 Å². The molecule has 2 N–H and O–H groups in total. The first kappa shape index (κ1) is 17.0. The molecule has 4 nitrogen and oxygen atoms in total. The van der Waals surface area contributed by atoms with E-state index in [0.717, 1.165) is 36.1 Å². The number of aryl methyl sites for hydroxylation is 2. The molecule has 0 radical (unpaired) electrons. The van der Waals surface area contributed by atoms with Gasteiger partial charge < -0.3 is 10.6 Å². The van der Waals surface area contributed by atoms with Crippen LogP contribution in [-0.2, 0) is 6.42 Å². The highest BCUT2D eigenvalue weighted by atomic mass is 15.1. The number of rotatable bonds is 6. The monoisotopic (exact) mass is 332 g/mol. The third-order valence-corrected chi connectivity index (χ3v) is 4.27. The second-order valence-corrected chi connectivity index (χ2v) is 6.22. The number of hydrogen-bond donors (Lipinski definition) is 2. The molecule has 0 spiro atoms. The van der Waals surface area contributed by atoms with E-state index in [9.17, 15) is 0 Å². The van der Waals surface area contributed by atoms with Gasteiger partial charge in [-0.05, 0) is 49.9 Å². The first-order valence-corrected chi connectivity index (χ1v) is 8.58. The minimum atomic E-state index is 0.748. The maximum atomic E-state index is 4.50. The van der Waals surface area contributed by atoms with Gasteiger partial charge in [-0.15, -0.1) is 0 Å². The summed E-state index contributed by atoms with van der Waals surface area (Å²) in [5, 5.41) is 6.81. The second-order valence-electron chi connectivity index (χ2n) is 6.22. The lowest BCUT2D eigenvalue weighted by molar-refractivity contribution is 0.983. The van der Waals surface area contributed by atoms with Gasteiger partial charge in [-0.2, -0.15) is 0 Å². The van der Waals surface area contributed by atoms with Crippen molar-refractivity contribution < 1.29 is 0 Å². The highest BCUT2D eigenvalue weighted by Crippen LogP contribution is 2.23. The maximum absolute atomic E-state index is 4.50. The van der Waals surface area contributed by atoms with Gasteiger partial charge in [0, 0.05) is 18.3 Å². The Labute approximate surface area is 149 Å². The van der Waals surface area contributed by atoms with Crippen LogP contribution in [0.25, 0.3) is 0 Å². The summed E-state index contributed by atoms with van der Waals surface area (Å²) in [7, 11) is 0. The van der Waals surface area contributed by atoms with Gasteiger partial charge in [0.25, 0.3) is 0 Å². The third kappa shape index (κ3) is 4.57. The van der Waals surface area contributed by atoms with E-state index < -0.39 is 0 Å². The van der Waals surface area contributed by atoms with Crippen molar-refractivity contribution >= 4 is 17.3 Å². The van der Waals surface area contributed by atoms with Gasteiger partial charge in [0.15, 0.2) is 0 Å². The SMILES string of the molecule is Cc1nc(NCCc2ccccc2)cc(Nc2cccc(C)c2C)n1. The van der Waals surface area contributed by atoms with Crippen LogP contribution in [0.15, 0.2) is 54.6 Å². The quantitative estimate of drug-likeness (QED) is 0.681. The summed E-state index contributed by atoms with van der Waals surface area (Å²) >= 11 is 0. The van der Waals surface area contributed by atoms with E-state index in [1.54, 1.807) is 0 Å². The number of nitrogens with zero attached hydrogens (tertiary/aromatic N) is 2. The molecule has 0 bridgehead atoms. The summed E-state index contributed by atoms with van der Waals surface area (Å²) in [6.07, 6.45) is 0.962. The van der Waals surface area contributed by atoms with Gasteiger partial charge in [0.05, 0.1) is 0 Å². The smallest absolute Gasteiger partial charge is 0.136 e. The molecule has 0 aliphatic heterocycles. The normalized spacial score (nSPS) is 10.5. The number of hydrogen-bond acceptors (Lipinski definition) is 4. The zero-order valence-electron chi connectivity index (χ0n) is 15.0. The van der Waals surface area contributed by atoms with Crippen molar-refractivity contribution in [2.75, 3.05) is 17.2 Å². The first-order chi connectivity index (χ1) is 12.1. The molecular formula is C21H24N4. The van der Waals surface area contributed by atoms with Crippen molar-refractivity contribution in [1.29, 1.82) is 0 Å². The number of benzene rings is 2. The molecule has 128 valence electrons. The topological polar surface area (TPSA) is 49.8 Å². The molecular weight excluding hydrogens is 308 g/mol. The predicted octanol–water partition coefficient (Wildman–Crippen LogP) is 4.80. The van der Waals surface area contributed by atoms with Crippen molar-refractivity contribution in [2.45, 2.75) is 27.2 Å². The van der Waals surface area contributed by atoms with E-state index in [-0.39, 0.29) is 0 Å². The van der Waals surface area contributed by atoms with Crippen LogP contribution in [0, 0.1) is 20.8 Å². The fourth-order valence-electron chi connectivity index (χ4n) is 2.73. The summed E-state index contributed by atoms with van der Waals surface area (Å²) in [6.45, 7) is 6.98. The van der Waals surface area contributed by atoms with Crippen molar-refractivity contribution in [3.8, 4) is 0 Å². The Bertz CT molecular complexity index is 844. The highest BCUT2D eigenvalue weighted by molar-refractivity contribution is 5.63. The van der Waals surface area contributed by atoms with Crippen LogP contribution in [0.3, 0.4) is 0 Å². The average Bonchev–Trinajstić information content (AvgIpc) is 2.59. The standard InChI is InChI=1S/C21H24N4/c1-15-8-7-11-19(16(15)2)25-21-14-20(23-17(3)24-21)22-13-12-18-9-5-4-6-10-18/h4-11,14H,12-13H2,1-3H3,(H2,22,23,24,25). The molecule has 0 fully saturated rings.